The van der Waals surface area contributed by atoms with Gasteiger partial charge >= 0.3 is 17.9 Å². The molecule has 0 radical (unpaired) electrons. The third kappa shape index (κ3) is 40.4. The first-order valence-electron chi connectivity index (χ1n) is 24.3. The number of rotatable bonds is 43. The number of likely N-dealkylation sites (N-methyl/N-ethyl adjacent to an activating group) is 1. The molecule has 0 aromatic carbocycles. The molecule has 0 bridgehead atoms. The van der Waals surface area contributed by atoms with Gasteiger partial charge in [0.15, 0.2) is 12.1 Å². The van der Waals surface area contributed by atoms with Gasteiger partial charge in [-0.1, -0.05) is 158 Å². The van der Waals surface area contributed by atoms with Crippen LogP contribution < -0.4 is 0 Å². The summed E-state index contributed by atoms with van der Waals surface area (Å²) in [5.74, 6) is -1.49. The van der Waals surface area contributed by atoms with Crippen molar-refractivity contribution in [3.05, 3.63) is 60.8 Å². The van der Waals surface area contributed by atoms with Crippen molar-refractivity contribution in [2.45, 2.75) is 212 Å². The van der Waals surface area contributed by atoms with Crippen molar-refractivity contribution in [1.29, 1.82) is 0 Å². The second-order valence-corrected chi connectivity index (χ2v) is 17.4. The van der Waals surface area contributed by atoms with Gasteiger partial charge in [-0.15, -0.1) is 0 Å². The Morgan fingerprint density at radius 3 is 1.30 bits per heavy atom. The predicted octanol–water partition coefficient (Wildman–Crippen LogP) is 13.8. The molecule has 0 saturated heterocycles. The van der Waals surface area contributed by atoms with Crippen LogP contribution in [0.3, 0.4) is 0 Å². The lowest BCUT2D eigenvalue weighted by Gasteiger charge is -2.31. The third-order valence-corrected chi connectivity index (χ3v) is 10.6. The van der Waals surface area contributed by atoms with Gasteiger partial charge in [-0.25, -0.2) is 4.79 Å². The minimum Gasteiger partial charge on any atom is -0.477 e. The van der Waals surface area contributed by atoms with Crippen molar-refractivity contribution >= 4 is 17.9 Å². The van der Waals surface area contributed by atoms with Gasteiger partial charge in [0, 0.05) is 19.3 Å². The topological polar surface area (TPSA) is 99.1 Å². The zero-order valence-corrected chi connectivity index (χ0v) is 39.4. The quantitative estimate of drug-likeness (QED) is 0.0282. The maximum atomic E-state index is 12.8. The normalized spacial score (nSPS) is 13.4. The van der Waals surface area contributed by atoms with Gasteiger partial charge in [-0.05, 0) is 83.5 Å². The minimum absolute atomic E-state index is 0.0513. The molecule has 0 amide bonds. The summed E-state index contributed by atoms with van der Waals surface area (Å²) < 4.78 is 17.3. The molecule has 60 heavy (non-hydrogen) atoms. The minimum atomic E-state index is -0.880. The van der Waals surface area contributed by atoms with Gasteiger partial charge in [0.1, 0.15) is 6.61 Å². The lowest BCUT2D eigenvalue weighted by Crippen LogP contribution is -2.50. The van der Waals surface area contributed by atoms with Crippen molar-refractivity contribution in [2.24, 2.45) is 0 Å². The summed E-state index contributed by atoms with van der Waals surface area (Å²) in [6.07, 6.45) is 52.5. The van der Waals surface area contributed by atoms with Crippen LogP contribution in [0.1, 0.15) is 200 Å². The van der Waals surface area contributed by atoms with E-state index >= 15 is 0 Å². The Morgan fingerprint density at radius 1 is 0.500 bits per heavy atom. The molecule has 0 spiro atoms. The Kier molecular flexibility index (Phi) is 40.6. The van der Waals surface area contributed by atoms with Gasteiger partial charge in [0.25, 0.3) is 0 Å². The van der Waals surface area contributed by atoms with E-state index in [1.165, 1.54) is 89.9 Å². The molecule has 0 aliphatic carbocycles. The van der Waals surface area contributed by atoms with E-state index in [4.69, 9.17) is 14.2 Å². The van der Waals surface area contributed by atoms with Crippen LogP contribution in [0.25, 0.3) is 0 Å². The van der Waals surface area contributed by atoms with Gasteiger partial charge in [0.2, 0.25) is 0 Å². The van der Waals surface area contributed by atoms with E-state index in [2.05, 4.69) is 74.6 Å². The van der Waals surface area contributed by atoms with E-state index in [1.807, 2.05) is 21.1 Å². The van der Waals surface area contributed by atoms with Gasteiger partial charge in [0.05, 0.1) is 34.4 Å². The molecule has 8 nitrogen and oxygen atoms in total. The number of carbonyl (C=O) groups is 3. The van der Waals surface area contributed by atoms with E-state index in [1.54, 1.807) is 0 Å². The number of ether oxygens (including phenoxy) is 3. The van der Waals surface area contributed by atoms with Crippen LogP contribution >= 0.6 is 0 Å². The molecule has 0 saturated carbocycles. The number of carboxylic acid groups (broad SMARTS) is 1. The highest BCUT2D eigenvalue weighted by Crippen LogP contribution is 2.14. The third-order valence-electron chi connectivity index (χ3n) is 10.6. The number of unbranched alkanes of at least 4 members (excludes halogenated alkanes) is 19. The molecule has 0 aromatic heterocycles. The van der Waals surface area contributed by atoms with Crippen molar-refractivity contribution in [3.8, 4) is 0 Å². The molecule has 2 unspecified atom stereocenters. The lowest BCUT2D eigenvalue weighted by molar-refractivity contribution is -0.887. The second-order valence-electron chi connectivity index (χ2n) is 17.4. The molecule has 0 heterocycles. The number of carboxylic acids is 1. The van der Waals surface area contributed by atoms with E-state index in [0.717, 1.165) is 77.0 Å². The number of nitrogens with zero attached hydrogens (tertiary/aromatic N) is 1. The van der Waals surface area contributed by atoms with Crippen molar-refractivity contribution in [1.82, 2.24) is 0 Å². The number of hydrogen-bond donors (Lipinski definition) is 1. The van der Waals surface area contributed by atoms with Crippen LogP contribution in [0.4, 0.5) is 0 Å². The number of carbonyl (C=O) groups excluding carboxylic acids is 2. The number of hydrogen-bond acceptors (Lipinski definition) is 6. The average molecular weight is 843 g/mol. The highest BCUT2D eigenvalue weighted by Gasteiger charge is 2.31. The molecule has 2 atom stereocenters. The number of aliphatic carboxylic acids is 1. The van der Waals surface area contributed by atoms with Gasteiger partial charge < -0.3 is 23.8 Å². The molecule has 0 rings (SSSR count). The molecule has 8 heteroatoms. The molecular weight excluding hydrogens is 751 g/mol. The summed E-state index contributed by atoms with van der Waals surface area (Å²) in [5, 5.41) is 9.64. The fourth-order valence-corrected chi connectivity index (χ4v) is 6.83. The zero-order valence-electron chi connectivity index (χ0n) is 39.4. The van der Waals surface area contributed by atoms with Crippen LogP contribution in [-0.2, 0) is 28.6 Å². The number of esters is 2. The largest absolute Gasteiger partial charge is 0.477 e. The standard InChI is InChI=1S/C52H91NO7/c1-6-8-10-12-14-16-18-20-22-24-25-27-29-31-33-35-37-39-41-43-51(55)60-48(46-58-45-44-49(52(56)57)53(3,4)5)47-59-50(54)42-40-38-36-34-32-30-28-26-23-21-19-17-15-13-11-9-7-2/h14-17,20-23,25,27,48-49H,6-13,18-19,24,26,28-47H2,1-5H3/p+1/b16-14-,17-15-,22-20-,23-21-,27-25-. The van der Waals surface area contributed by atoms with Crippen molar-refractivity contribution in [2.75, 3.05) is 41.0 Å². The highest BCUT2D eigenvalue weighted by molar-refractivity contribution is 5.72. The summed E-state index contributed by atoms with van der Waals surface area (Å²) in [5.41, 5.74) is 0. The summed E-state index contributed by atoms with van der Waals surface area (Å²) in [4.78, 5) is 37.1. The first kappa shape index (κ1) is 57.0. The molecule has 0 fully saturated rings. The van der Waals surface area contributed by atoms with E-state index < -0.39 is 18.1 Å². The Labute approximate surface area is 368 Å². The highest BCUT2D eigenvalue weighted by atomic mass is 16.6. The number of allylic oxidation sites excluding steroid dienone is 10. The maximum Gasteiger partial charge on any atom is 0.362 e. The predicted molar refractivity (Wildman–Crippen MR) is 252 cm³/mol. The summed E-state index contributed by atoms with van der Waals surface area (Å²) in [6.45, 7) is 4.67. The first-order chi connectivity index (χ1) is 29.1. The average Bonchev–Trinajstić information content (AvgIpc) is 3.21. The Bertz CT molecular complexity index is 1170. The Balaban J connectivity index is 4.34. The lowest BCUT2D eigenvalue weighted by atomic mass is 10.1. The van der Waals surface area contributed by atoms with Crippen LogP contribution in [0.15, 0.2) is 60.8 Å². The summed E-state index contributed by atoms with van der Waals surface area (Å²) >= 11 is 0. The van der Waals surface area contributed by atoms with E-state index in [9.17, 15) is 19.5 Å². The maximum absolute atomic E-state index is 12.8. The van der Waals surface area contributed by atoms with Gasteiger partial charge in [-0.2, -0.15) is 0 Å². The van der Waals surface area contributed by atoms with Crippen molar-refractivity contribution in [3.63, 3.8) is 0 Å². The zero-order chi connectivity index (χ0) is 44.2. The molecule has 0 aliphatic rings. The summed E-state index contributed by atoms with van der Waals surface area (Å²) in [7, 11) is 5.52. The second kappa shape index (κ2) is 42.7. The first-order valence-corrected chi connectivity index (χ1v) is 24.3. The molecule has 0 aromatic rings. The number of quaternary nitrogens is 1. The molecule has 0 aliphatic heterocycles. The van der Waals surface area contributed by atoms with Gasteiger partial charge in [-0.3, -0.25) is 9.59 Å². The molecular formula is C52H92NO7+. The van der Waals surface area contributed by atoms with Crippen LogP contribution in [0, 0.1) is 0 Å². The molecule has 1 N–H and O–H groups in total. The van der Waals surface area contributed by atoms with Crippen molar-refractivity contribution < 1.29 is 38.2 Å². The monoisotopic (exact) mass is 843 g/mol. The SMILES string of the molecule is CCCCC/C=C\C/C=C\C/C=C\CCCCCCCCC(=O)OC(COCCC(C(=O)O)[N+](C)(C)C)COC(=O)CCCCCCCCC/C=C\C/C=C\CCCCC. The fourth-order valence-electron chi connectivity index (χ4n) is 6.83. The van der Waals surface area contributed by atoms with Crippen LogP contribution in [-0.4, -0.2) is 80.6 Å². The smallest absolute Gasteiger partial charge is 0.362 e. The fraction of sp³-hybridized carbons (Fsp3) is 0.750. The van der Waals surface area contributed by atoms with E-state index in [-0.39, 0.29) is 36.2 Å². The van der Waals surface area contributed by atoms with E-state index in [0.29, 0.717) is 19.3 Å². The van der Waals surface area contributed by atoms with Crippen LogP contribution in [0.5, 0.6) is 0 Å². The molecule has 346 valence electrons. The van der Waals surface area contributed by atoms with Crippen LogP contribution in [0.2, 0.25) is 0 Å². The Hall–Kier alpha value is -2.97. The Morgan fingerprint density at radius 2 is 0.883 bits per heavy atom. The summed E-state index contributed by atoms with van der Waals surface area (Å²) in [6, 6.07) is -0.621.